The summed E-state index contributed by atoms with van der Waals surface area (Å²) in [6.45, 7) is 4.64. The van der Waals surface area contributed by atoms with Crippen molar-refractivity contribution in [1.82, 2.24) is 10.3 Å². The molecule has 0 aliphatic carbocycles. The molecular weight excluding hydrogens is 365 g/mol. The summed E-state index contributed by atoms with van der Waals surface area (Å²) in [5.74, 6) is -0.681. The third kappa shape index (κ3) is 4.56. The summed E-state index contributed by atoms with van der Waals surface area (Å²) in [6, 6.07) is 15.0. The van der Waals surface area contributed by atoms with Gasteiger partial charge in [-0.2, -0.15) is 0 Å². The number of fused-ring (bicyclic) bond motifs is 1. The third-order valence-corrected chi connectivity index (χ3v) is 6.11. The molecule has 3 aromatic rings. The number of hydrogen-bond acceptors (Lipinski definition) is 7. The van der Waals surface area contributed by atoms with Gasteiger partial charge in [-0.25, -0.2) is 4.63 Å². The monoisotopic (exact) mass is 389 g/mol. The number of hydrogen-bond donors (Lipinski definition) is 1. The minimum atomic E-state index is -3.50. The van der Waals surface area contributed by atoms with Crippen molar-refractivity contribution in [2.24, 2.45) is 0 Å². The summed E-state index contributed by atoms with van der Waals surface area (Å²) in [7, 11) is -3.50. The van der Waals surface area contributed by atoms with Crippen LogP contribution in [0.3, 0.4) is 0 Å². The molecule has 0 bridgehead atoms. The highest BCUT2D eigenvalue weighted by molar-refractivity contribution is 7.54. The Labute approximate surface area is 158 Å². The van der Waals surface area contributed by atoms with Crippen LogP contribution in [0.25, 0.3) is 11.0 Å². The van der Waals surface area contributed by atoms with Gasteiger partial charge in [0.15, 0.2) is 11.3 Å². The fourth-order valence-corrected chi connectivity index (χ4v) is 4.75. The lowest BCUT2D eigenvalue weighted by molar-refractivity contribution is 0.199. The van der Waals surface area contributed by atoms with E-state index in [-0.39, 0.29) is 0 Å². The Morgan fingerprint density at radius 3 is 2.37 bits per heavy atom. The van der Waals surface area contributed by atoms with Crippen molar-refractivity contribution in [3.63, 3.8) is 0 Å². The molecule has 0 aliphatic rings. The maximum Gasteiger partial charge on any atom is 0.357 e. The van der Waals surface area contributed by atoms with Gasteiger partial charge in [0.1, 0.15) is 5.52 Å². The van der Waals surface area contributed by atoms with Crippen LogP contribution >= 0.6 is 7.60 Å². The van der Waals surface area contributed by atoms with Gasteiger partial charge in [0.05, 0.1) is 18.9 Å². The molecule has 0 amide bonds. The zero-order valence-corrected chi connectivity index (χ0v) is 16.4. The summed E-state index contributed by atoms with van der Waals surface area (Å²) in [5, 5.41) is 11.1. The second kappa shape index (κ2) is 9.13. The third-order valence-electron chi connectivity index (χ3n) is 3.96. The van der Waals surface area contributed by atoms with E-state index in [9.17, 15) is 4.57 Å². The molecule has 144 valence electrons. The number of rotatable bonds is 10. The average molecular weight is 389 g/mol. The molecule has 0 aliphatic heterocycles. The Morgan fingerprint density at radius 1 is 1.00 bits per heavy atom. The van der Waals surface area contributed by atoms with Gasteiger partial charge in [-0.15, -0.1) is 0 Å². The van der Waals surface area contributed by atoms with Crippen LogP contribution in [0.2, 0.25) is 0 Å². The molecule has 0 saturated carbocycles. The Hall–Kier alpha value is -2.21. The molecule has 2 aromatic carbocycles. The second-order valence-corrected chi connectivity index (χ2v) is 8.21. The number of anilines is 1. The van der Waals surface area contributed by atoms with E-state index in [0.29, 0.717) is 29.9 Å². The van der Waals surface area contributed by atoms with Gasteiger partial charge in [0.25, 0.3) is 0 Å². The summed E-state index contributed by atoms with van der Waals surface area (Å²) in [6.07, 6.45) is 1.48. The fourth-order valence-electron chi connectivity index (χ4n) is 2.67. The van der Waals surface area contributed by atoms with Gasteiger partial charge in [-0.3, -0.25) is 4.57 Å². The summed E-state index contributed by atoms with van der Waals surface area (Å²) in [5.41, 5.74) is 2.64. The molecule has 0 spiro atoms. The van der Waals surface area contributed by atoms with Crippen molar-refractivity contribution in [2.45, 2.75) is 32.5 Å². The first-order valence-corrected chi connectivity index (χ1v) is 10.7. The molecule has 3 rings (SSSR count). The first-order chi connectivity index (χ1) is 13.2. The van der Waals surface area contributed by atoms with Crippen LogP contribution in [0.1, 0.15) is 38.0 Å². The van der Waals surface area contributed by atoms with Crippen molar-refractivity contribution in [3.05, 3.63) is 54.1 Å². The highest BCUT2D eigenvalue weighted by Gasteiger charge is 2.37. The number of nitrogens with one attached hydrogen (secondary N) is 1. The molecule has 7 nitrogen and oxygen atoms in total. The van der Waals surface area contributed by atoms with Crippen molar-refractivity contribution in [2.75, 3.05) is 18.5 Å². The number of aromatic nitrogens is 2. The Balaban J connectivity index is 2.02. The zero-order valence-electron chi connectivity index (χ0n) is 15.5. The van der Waals surface area contributed by atoms with E-state index < -0.39 is 13.4 Å². The molecule has 1 unspecified atom stereocenters. The predicted octanol–water partition coefficient (Wildman–Crippen LogP) is 5.38. The smallest absolute Gasteiger partial charge is 0.357 e. The van der Waals surface area contributed by atoms with Crippen LogP contribution in [0.4, 0.5) is 5.69 Å². The quantitative estimate of drug-likeness (QED) is 0.466. The predicted molar refractivity (Wildman–Crippen MR) is 105 cm³/mol. The lowest BCUT2D eigenvalue weighted by atomic mass is 10.2. The molecule has 1 atom stereocenters. The van der Waals surface area contributed by atoms with Crippen LogP contribution < -0.4 is 5.32 Å². The highest BCUT2D eigenvalue weighted by Crippen LogP contribution is 2.61. The normalized spacial score (nSPS) is 13.0. The number of benzene rings is 2. The fraction of sp³-hybridized carbons (Fsp3) is 0.368. The van der Waals surface area contributed by atoms with Crippen LogP contribution in [0, 0.1) is 0 Å². The highest BCUT2D eigenvalue weighted by atomic mass is 31.2. The van der Waals surface area contributed by atoms with Crippen molar-refractivity contribution in [1.29, 1.82) is 0 Å². The first-order valence-electron chi connectivity index (χ1n) is 9.09. The van der Waals surface area contributed by atoms with Gasteiger partial charge in [0, 0.05) is 0 Å². The van der Waals surface area contributed by atoms with E-state index >= 15 is 0 Å². The number of nitrogens with zero attached hydrogens (tertiary/aromatic N) is 2. The van der Waals surface area contributed by atoms with Gasteiger partial charge in [0.2, 0.25) is 0 Å². The van der Waals surface area contributed by atoms with E-state index in [1.807, 2.05) is 56.3 Å². The SMILES string of the molecule is CCCOP(=O)(OCCC)C(Nc1cccc2nonc12)c1ccccc1. The summed E-state index contributed by atoms with van der Waals surface area (Å²) < 4.78 is 30.1. The zero-order chi connectivity index (χ0) is 19.1. The van der Waals surface area contributed by atoms with Crippen molar-refractivity contribution in [3.8, 4) is 0 Å². The van der Waals surface area contributed by atoms with Gasteiger partial charge >= 0.3 is 7.60 Å². The minimum absolute atomic E-state index is 0.349. The van der Waals surface area contributed by atoms with E-state index in [2.05, 4.69) is 15.6 Å². The molecular formula is C19H24N3O4P. The molecule has 0 radical (unpaired) electrons. The Morgan fingerprint density at radius 2 is 1.70 bits per heavy atom. The van der Waals surface area contributed by atoms with Crippen LogP contribution in [0.5, 0.6) is 0 Å². The second-order valence-electron chi connectivity index (χ2n) is 6.10. The average Bonchev–Trinajstić information content (AvgIpc) is 3.19. The van der Waals surface area contributed by atoms with Crippen LogP contribution in [-0.2, 0) is 13.6 Å². The summed E-state index contributed by atoms with van der Waals surface area (Å²) in [4.78, 5) is 0. The van der Waals surface area contributed by atoms with Gasteiger partial charge in [-0.05, 0) is 40.9 Å². The molecule has 0 fully saturated rings. The Kier molecular flexibility index (Phi) is 6.61. The van der Waals surface area contributed by atoms with Crippen LogP contribution in [-0.4, -0.2) is 23.5 Å². The van der Waals surface area contributed by atoms with E-state index in [1.165, 1.54) is 0 Å². The first kappa shape index (κ1) is 19.5. The van der Waals surface area contributed by atoms with Crippen molar-refractivity contribution >= 4 is 24.3 Å². The maximum atomic E-state index is 13.7. The summed E-state index contributed by atoms with van der Waals surface area (Å²) >= 11 is 0. The minimum Gasteiger partial charge on any atom is -0.366 e. The van der Waals surface area contributed by atoms with E-state index in [4.69, 9.17) is 13.7 Å². The molecule has 8 heteroatoms. The van der Waals surface area contributed by atoms with E-state index in [1.54, 1.807) is 6.07 Å². The van der Waals surface area contributed by atoms with Gasteiger partial charge in [-0.1, -0.05) is 50.2 Å². The maximum absolute atomic E-state index is 13.7. The standard InChI is InChI=1S/C19H24N3O4P/c1-3-13-24-27(23,25-14-4-2)19(15-9-6-5-7-10-15)20-16-11-8-12-17-18(16)22-26-21-17/h5-12,19-20H,3-4,13-14H2,1-2H3. The lowest BCUT2D eigenvalue weighted by Gasteiger charge is -2.28. The molecule has 1 aromatic heterocycles. The van der Waals surface area contributed by atoms with Gasteiger partial charge < -0.3 is 14.4 Å². The molecule has 1 heterocycles. The van der Waals surface area contributed by atoms with Crippen molar-refractivity contribution < 1.29 is 18.2 Å². The topological polar surface area (TPSA) is 86.5 Å². The largest absolute Gasteiger partial charge is 0.366 e. The molecule has 0 saturated heterocycles. The van der Waals surface area contributed by atoms with Crippen LogP contribution in [0.15, 0.2) is 53.2 Å². The lowest BCUT2D eigenvalue weighted by Crippen LogP contribution is -2.16. The molecule has 1 N–H and O–H groups in total. The van der Waals surface area contributed by atoms with E-state index in [0.717, 1.165) is 18.4 Å². The molecule has 27 heavy (non-hydrogen) atoms. The Bertz CT molecular complexity index is 888.